The number of carbonyl (C=O) groups excluding carboxylic acids is 1. The van der Waals surface area contributed by atoms with Crippen LogP contribution in [0.15, 0.2) is 23.1 Å². The van der Waals surface area contributed by atoms with Crippen molar-refractivity contribution in [1.29, 1.82) is 0 Å². The molecule has 3 heteroatoms. The highest BCUT2D eigenvalue weighted by Gasteiger charge is 2.05. The summed E-state index contributed by atoms with van der Waals surface area (Å²) in [5.41, 5.74) is 0.910. The summed E-state index contributed by atoms with van der Waals surface area (Å²) in [6.45, 7) is 1.56. The topological polar surface area (TPSA) is 26.3 Å². The van der Waals surface area contributed by atoms with E-state index in [-0.39, 0.29) is 5.78 Å². The van der Waals surface area contributed by atoms with Gasteiger partial charge in [-0.1, -0.05) is 6.07 Å². The van der Waals surface area contributed by atoms with Crippen LogP contribution in [0.1, 0.15) is 12.5 Å². The average molecular weight is 196 g/mol. The fourth-order valence-corrected chi connectivity index (χ4v) is 1.34. The lowest BCUT2D eigenvalue weighted by atomic mass is 10.1. The van der Waals surface area contributed by atoms with Crippen LogP contribution in [0, 0.1) is 0 Å². The third-order valence-corrected chi connectivity index (χ3v) is 1.99. The zero-order valence-electron chi connectivity index (χ0n) is 7.70. The molecule has 0 heterocycles. The number of rotatable bonds is 3. The lowest BCUT2D eigenvalue weighted by Crippen LogP contribution is -1.99. The second-order valence-electron chi connectivity index (χ2n) is 2.87. The Morgan fingerprint density at radius 3 is 2.77 bits per heavy atom. The smallest absolute Gasteiger partial charge is 0.134 e. The van der Waals surface area contributed by atoms with Crippen molar-refractivity contribution in [2.75, 3.05) is 7.11 Å². The number of thiol groups is 1. The number of hydrogen-bond acceptors (Lipinski definition) is 3. The molecule has 0 saturated heterocycles. The first-order valence-corrected chi connectivity index (χ1v) is 4.43. The molecule has 0 aromatic heterocycles. The minimum atomic E-state index is 0.130. The predicted octanol–water partition coefficient (Wildman–Crippen LogP) is 2.12. The molecule has 0 N–H and O–H groups in total. The molecule has 0 bridgehead atoms. The average Bonchev–Trinajstić information content (AvgIpc) is 2.07. The van der Waals surface area contributed by atoms with E-state index in [2.05, 4.69) is 12.6 Å². The molecule has 0 fully saturated rings. The van der Waals surface area contributed by atoms with E-state index in [9.17, 15) is 4.79 Å². The molecule has 0 aliphatic heterocycles. The summed E-state index contributed by atoms with van der Waals surface area (Å²) in [4.78, 5) is 11.7. The second kappa shape index (κ2) is 4.33. The Balaban J connectivity index is 2.99. The number of benzene rings is 1. The van der Waals surface area contributed by atoms with Crippen molar-refractivity contribution in [1.82, 2.24) is 0 Å². The summed E-state index contributed by atoms with van der Waals surface area (Å²) in [5, 5.41) is 0. The number of methoxy groups -OCH3 is 1. The molecule has 0 radical (unpaired) electrons. The Hall–Kier alpha value is -0.960. The Morgan fingerprint density at radius 1 is 1.54 bits per heavy atom. The molecule has 1 aromatic carbocycles. The maximum Gasteiger partial charge on any atom is 0.134 e. The highest BCUT2D eigenvalue weighted by Crippen LogP contribution is 2.22. The van der Waals surface area contributed by atoms with E-state index in [1.165, 1.54) is 0 Å². The summed E-state index contributed by atoms with van der Waals surface area (Å²) >= 11 is 4.18. The van der Waals surface area contributed by atoms with Gasteiger partial charge in [0, 0.05) is 16.9 Å². The molecule has 0 saturated carbocycles. The molecule has 0 amide bonds. The fraction of sp³-hybridized carbons (Fsp3) is 0.300. The van der Waals surface area contributed by atoms with Gasteiger partial charge in [-0.25, -0.2) is 0 Å². The first-order valence-electron chi connectivity index (χ1n) is 3.99. The number of hydrogen-bond donors (Lipinski definition) is 1. The largest absolute Gasteiger partial charge is 0.496 e. The summed E-state index contributed by atoms with van der Waals surface area (Å²) in [6, 6.07) is 5.52. The standard InChI is InChI=1S/C10H12O2S/c1-7(11)5-8-3-4-9(13)6-10(8)12-2/h3-4,6,13H,5H2,1-2H3. The van der Waals surface area contributed by atoms with E-state index in [1.807, 2.05) is 12.1 Å². The van der Waals surface area contributed by atoms with Gasteiger partial charge in [-0.15, -0.1) is 12.6 Å². The molecule has 0 aliphatic rings. The molecule has 1 rings (SSSR count). The first kappa shape index (κ1) is 10.1. The third kappa shape index (κ3) is 2.77. The maximum atomic E-state index is 10.9. The van der Waals surface area contributed by atoms with Crippen LogP contribution in [0.25, 0.3) is 0 Å². The van der Waals surface area contributed by atoms with E-state index in [1.54, 1.807) is 20.1 Å². The van der Waals surface area contributed by atoms with Gasteiger partial charge in [0.25, 0.3) is 0 Å². The van der Waals surface area contributed by atoms with Crippen molar-refractivity contribution in [2.45, 2.75) is 18.2 Å². The molecular formula is C10H12O2S. The van der Waals surface area contributed by atoms with Crippen LogP contribution in [-0.2, 0) is 11.2 Å². The molecule has 2 nitrogen and oxygen atoms in total. The molecule has 13 heavy (non-hydrogen) atoms. The van der Waals surface area contributed by atoms with Crippen LogP contribution in [-0.4, -0.2) is 12.9 Å². The number of Topliss-reactive ketones (excluding diaryl/α,β-unsaturated/α-hetero) is 1. The van der Waals surface area contributed by atoms with Crippen molar-refractivity contribution in [3.8, 4) is 5.75 Å². The molecule has 0 aliphatic carbocycles. The zero-order chi connectivity index (χ0) is 9.84. The van der Waals surface area contributed by atoms with Crippen molar-refractivity contribution >= 4 is 18.4 Å². The Kier molecular flexibility index (Phi) is 3.37. The molecule has 0 unspecified atom stereocenters. The molecular weight excluding hydrogens is 184 g/mol. The van der Waals surface area contributed by atoms with Gasteiger partial charge in [0.15, 0.2) is 0 Å². The maximum absolute atomic E-state index is 10.9. The van der Waals surface area contributed by atoms with E-state index in [0.717, 1.165) is 16.2 Å². The van der Waals surface area contributed by atoms with Gasteiger partial charge < -0.3 is 4.74 Å². The van der Waals surface area contributed by atoms with E-state index < -0.39 is 0 Å². The van der Waals surface area contributed by atoms with Crippen LogP contribution in [0.2, 0.25) is 0 Å². The minimum absolute atomic E-state index is 0.130. The fourth-order valence-electron chi connectivity index (χ4n) is 1.15. The summed E-state index contributed by atoms with van der Waals surface area (Å²) in [6.07, 6.45) is 0.414. The van der Waals surface area contributed by atoms with Gasteiger partial charge >= 0.3 is 0 Å². The summed E-state index contributed by atoms with van der Waals surface area (Å²) in [5.74, 6) is 0.855. The molecule has 1 aromatic rings. The molecule has 70 valence electrons. The highest BCUT2D eigenvalue weighted by atomic mass is 32.1. The van der Waals surface area contributed by atoms with Crippen molar-refractivity contribution in [3.63, 3.8) is 0 Å². The monoisotopic (exact) mass is 196 g/mol. The van der Waals surface area contributed by atoms with Crippen molar-refractivity contribution in [3.05, 3.63) is 23.8 Å². The molecule has 0 spiro atoms. The SMILES string of the molecule is COc1cc(S)ccc1CC(C)=O. The van der Waals surface area contributed by atoms with E-state index in [0.29, 0.717) is 6.42 Å². The van der Waals surface area contributed by atoms with Gasteiger partial charge in [-0.3, -0.25) is 4.79 Å². The minimum Gasteiger partial charge on any atom is -0.496 e. The predicted molar refractivity (Wildman–Crippen MR) is 54.6 cm³/mol. The number of ketones is 1. The van der Waals surface area contributed by atoms with Crippen LogP contribution < -0.4 is 4.74 Å². The van der Waals surface area contributed by atoms with E-state index >= 15 is 0 Å². The van der Waals surface area contributed by atoms with Gasteiger partial charge in [-0.2, -0.15) is 0 Å². The number of ether oxygens (including phenoxy) is 1. The van der Waals surface area contributed by atoms with Gasteiger partial charge in [0.1, 0.15) is 11.5 Å². The molecule has 0 atom stereocenters. The highest BCUT2D eigenvalue weighted by molar-refractivity contribution is 7.80. The first-order chi connectivity index (χ1) is 6.13. The zero-order valence-corrected chi connectivity index (χ0v) is 8.60. The van der Waals surface area contributed by atoms with E-state index in [4.69, 9.17) is 4.74 Å². The lowest BCUT2D eigenvalue weighted by molar-refractivity contribution is -0.116. The van der Waals surface area contributed by atoms with Crippen molar-refractivity contribution < 1.29 is 9.53 Å². The van der Waals surface area contributed by atoms with Crippen molar-refractivity contribution in [2.24, 2.45) is 0 Å². The van der Waals surface area contributed by atoms with Gasteiger partial charge in [-0.05, 0) is 19.1 Å². The Bertz CT molecular complexity index is 321. The second-order valence-corrected chi connectivity index (χ2v) is 3.39. The van der Waals surface area contributed by atoms with Crippen LogP contribution in [0.4, 0.5) is 0 Å². The van der Waals surface area contributed by atoms with Crippen LogP contribution in [0.3, 0.4) is 0 Å². The van der Waals surface area contributed by atoms with Gasteiger partial charge in [0.05, 0.1) is 7.11 Å². The number of carbonyl (C=O) groups is 1. The quantitative estimate of drug-likeness (QED) is 0.749. The summed E-state index contributed by atoms with van der Waals surface area (Å²) in [7, 11) is 1.59. The van der Waals surface area contributed by atoms with Gasteiger partial charge in [0.2, 0.25) is 0 Å². The van der Waals surface area contributed by atoms with Crippen LogP contribution >= 0.6 is 12.6 Å². The Labute approximate surface area is 83.3 Å². The summed E-state index contributed by atoms with van der Waals surface area (Å²) < 4.78 is 5.13. The lowest BCUT2D eigenvalue weighted by Gasteiger charge is -2.06. The Morgan fingerprint density at radius 2 is 2.23 bits per heavy atom. The normalized spacial score (nSPS) is 9.77. The van der Waals surface area contributed by atoms with Crippen LogP contribution in [0.5, 0.6) is 5.75 Å². The third-order valence-electron chi connectivity index (χ3n) is 1.71.